The van der Waals surface area contributed by atoms with E-state index in [-0.39, 0.29) is 11.9 Å². The number of fused-ring (bicyclic) bond motifs is 1. The first-order valence-electron chi connectivity index (χ1n) is 9.09. The van der Waals surface area contributed by atoms with Gasteiger partial charge in [0.15, 0.2) is 0 Å². The van der Waals surface area contributed by atoms with Crippen LogP contribution in [0.25, 0.3) is 0 Å². The summed E-state index contributed by atoms with van der Waals surface area (Å²) < 4.78 is 7.37. The highest BCUT2D eigenvalue weighted by atomic mass is 32.2. The molecule has 0 saturated heterocycles. The molecule has 2 N–H and O–H groups in total. The molecule has 2 atom stereocenters. The summed E-state index contributed by atoms with van der Waals surface area (Å²) >= 11 is 1.41. The van der Waals surface area contributed by atoms with E-state index in [1.54, 1.807) is 0 Å². The standard InChI is InChI=1S/C20H21N5O2S/c1-3-27-16-11-9-14(10-12-16)17-18(19(26)21-15-7-5-4-6-8-15)28-20-23-22-13(2)25(20)24-17/h4-12,17-18,24H,3H2,1-2H3,(H,21,26)/t17-,18+/m1/s1. The Hall–Kier alpha value is -3.00. The number of ether oxygens (including phenoxy) is 1. The van der Waals surface area contributed by atoms with Crippen LogP contribution in [0.2, 0.25) is 0 Å². The van der Waals surface area contributed by atoms with Crippen LogP contribution in [-0.2, 0) is 4.79 Å². The van der Waals surface area contributed by atoms with Crippen LogP contribution in [0.15, 0.2) is 59.8 Å². The molecule has 28 heavy (non-hydrogen) atoms. The van der Waals surface area contributed by atoms with Gasteiger partial charge in [0.2, 0.25) is 11.1 Å². The number of carbonyl (C=O) groups is 1. The zero-order valence-corrected chi connectivity index (χ0v) is 16.4. The Morgan fingerprint density at radius 2 is 1.93 bits per heavy atom. The maximum absolute atomic E-state index is 13.1. The van der Waals surface area contributed by atoms with E-state index >= 15 is 0 Å². The molecule has 1 amide bonds. The monoisotopic (exact) mass is 395 g/mol. The van der Waals surface area contributed by atoms with Crippen LogP contribution in [0.4, 0.5) is 5.69 Å². The van der Waals surface area contributed by atoms with Crippen LogP contribution >= 0.6 is 11.8 Å². The molecule has 0 aliphatic carbocycles. The molecule has 144 valence electrons. The highest BCUT2D eigenvalue weighted by Crippen LogP contribution is 2.37. The minimum absolute atomic E-state index is 0.0884. The Bertz CT molecular complexity index is 958. The second kappa shape index (κ2) is 7.93. The molecular formula is C20H21N5O2S. The number of carbonyl (C=O) groups excluding carboxylic acids is 1. The molecule has 1 aliphatic rings. The van der Waals surface area contributed by atoms with Gasteiger partial charge in [0.1, 0.15) is 16.8 Å². The largest absolute Gasteiger partial charge is 0.494 e. The van der Waals surface area contributed by atoms with E-state index < -0.39 is 5.25 Å². The smallest absolute Gasteiger partial charge is 0.240 e. The Balaban J connectivity index is 1.64. The van der Waals surface area contributed by atoms with Crippen LogP contribution in [0.3, 0.4) is 0 Å². The Morgan fingerprint density at radius 3 is 2.64 bits per heavy atom. The van der Waals surface area contributed by atoms with E-state index in [0.29, 0.717) is 11.8 Å². The molecule has 0 spiro atoms. The molecule has 2 aromatic carbocycles. The van der Waals surface area contributed by atoms with Gasteiger partial charge < -0.3 is 15.5 Å². The number of amides is 1. The number of hydrogen-bond acceptors (Lipinski definition) is 6. The van der Waals surface area contributed by atoms with Crippen molar-refractivity contribution in [3.8, 4) is 5.75 Å². The quantitative estimate of drug-likeness (QED) is 0.689. The number of para-hydroxylation sites is 1. The van der Waals surface area contributed by atoms with Crippen LogP contribution in [0.1, 0.15) is 24.4 Å². The van der Waals surface area contributed by atoms with E-state index in [9.17, 15) is 4.79 Å². The summed E-state index contributed by atoms with van der Waals surface area (Å²) in [5.41, 5.74) is 5.15. The van der Waals surface area contributed by atoms with Crippen molar-refractivity contribution >= 4 is 23.4 Å². The predicted octanol–water partition coefficient (Wildman–Crippen LogP) is 3.38. The van der Waals surface area contributed by atoms with Gasteiger partial charge >= 0.3 is 0 Å². The van der Waals surface area contributed by atoms with Gasteiger partial charge in [-0.25, -0.2) is 4.68 Å². The fraction of sp³-hybridized carbons (Fsp3) is 0.250. The average Bonchev–Trinajstić information content (AvgIpc) is 3.09. The molecule has 3 aromatic rings. The first kappa shape index (κ1) is 18.4. The van der Waals surface area contributed by atoms with Gasteiger partial charge in [-0.3, -0.25) is 4.79 Å². The van der Waals surface area contributed by atoms with Crippen molar-refractivity contribution in [1.82, 2.24) is 14.9 Å². The van der Waals surface area contributed by atoms with E-state index in [2.05, 4.69) is 20.9 Å². The SMILES string of the molecule is CCOc1ccc([C@H]2Nn3c(C)nnc3S[C@@H]2C(=O)Nc2ccccc2)cc1. The zero-order chi connectivity index (χ0) is 19.5. The highest BCUT2D eigenvalue weighted by Gasteiger charge is 2.37. The lowest BCUT2D eigenvalue weighted by atomic mass is 10.0. The third-order valence-corrected chi connectivity index (χ3v) is 5.66. The Morgan fingerprint density at radius 1 is 1.18 bits per heavy atom. The van der Waals surface area contributed by atoms with Crippen LogP contribution < -0.4 is 15.5 Å². The predicted molar refractivity (Wildman–Crippen MR) is 109 cm³/mol. The van der Waals surface area contributed by atoms with Crippen molar-refractivity contribution in [1.29, 1.82) is 0 Å². The molecule has 4 rings (SSSR count). The second-order valence-electron chi connectivity index (χ2n) is 6.37. The number of aryl methyl sites for hydroxylation is 1. The van der Waals surface area contributed by atoms with Crippen LogP contribution in [0, 0.1) is 6.92 Å². The maximum atomic E-state index is 13.1. The van der Waals surface area contributed by atoms with Gasteiger partial charge in [-0.15, -0.1) is 10.2 Å². The van der Waals surface area contributed by atoms with E-state index in [4.69, 9.17) is 4.74 Å². The number of nitrogens with zero attached hydrogens (tertiary/aromatic N) is 3. The fourth-order valence-electron chi connectivity index (χ4n) is 3.08. The normalized spacial score (nSPS) is 18.1. The minimum atomic E-state index is -0.408. The average molecular weight is 395 g/mol. The number of rotatable bonds is 5. The molecule has 0 fully saturated rings. The van der Waals surface area contributed by atoms with Gasteiger partial charge in [-0.05, 0) is 43.7 Å². The summed E-state index contributed by atoms with van der Waals surface area (Å²) in [6, 6.07) is 17.0. The molecule has 1 aliphatic heterocycles. The summed E-state index contributed by atoms with van der Waals surface area (Å²) in [4.78, 5) is 13.1. The lowest BCUT2D eigenvalue weighted by Gasteiger charge is -2.32. The van der Waals surface area contributed by atoms with Gasteiger partial charge in [-0.2, -0.15) is 0 Å². The lowest BCUT2D eigenvalue weighted by molar-refractivity contribution is -0.116. The third kappa shape index (κ3) is 3.68. The lowest BCUT2D eigenvalue weighted by Crippen LogP contribution is -2.41. The molecule has 0 radical (unpaired) electrons. The van der Waals surface area contributed by atoms with Crippen molar-refractivity contribution in [2.45, 2.75) is 30.3 Å². The van der Waals surface area contributed by atoms with E-state index in [1.807, 2.05) is 73.1 Å². The fourth-order valence-corrected chi connectivity index (χ4v) is 4.21. The van der Waals surface area contributed by atoms with Gasteiger partial charge in [0.05, 0.1) is 12.6 Å². The minimum Gasteiger partial charge on any atom is -0.494 e. The number of thioether (sulfide) groups is 1. The van der Waals surface area contributed by atoms with Crippen molar-refractivity contribution in [3.63, 3.8) is 0 Å². The number of nitrogens with one attached hydrogen (secondary N) is 2. The summed E-state index contributed by atoms with van der Waals surface area (Å²) in [5.74, 6) is 1.47. The van der Waals surface area contributed by atoms with Crippen molar-refractivity contribution in [2.24, 2.45) is 0 Å². The van der Waals surface area contributed by atoms with Gasteiger partial charge in [-0.1, -0.05) is 42.1 Å². The van der Waals surface area contributed by atoms with Gasteiger partial charge in [0.25, 0.3) is 0 Å². The van der Waals surface area contributed by atoms with Crippen LogP contribution in [0.5, 0.6) is 5.75 Å². The number of hydrogen-bond donors (Lipinski definition) is 2. The van der Waals surface area contributed by atoms with Crippen molar-refractivity contribution in [2.75, 3.05) is 17.3 Å². The van der Waals surface area contributed by atoms with Crippen LogP contribution in [-0.4, -0.2) is 32.6 Å². The Kier molecular flexibility index (Phi) is 5.21. The van der Waals surface area contributed by atoms with E-state index in [1.165, 1.54) is 11.8 Å². The third-order valence-electron chi connectivity index (χ3n) is 4.45. The van der Waals surface area contributed by atoms with E-state index in [0.717, 1.165) is 22.8 Å². The number of benzene rings is 2. The summed E-state index contributed by atoms with van der Waals surface area (Å²) in [6.45, 7) is 4.44. The molecular weight excluding hydrogens is 374 g/mol. The highest BCUT2D eigenvalue weighted by molar-refractivity contribution is 8.00. The summed E-state index contributed by atoms with van der Waals surface area (Å²) in [5, 5.41) is 11.6. The molecule has 0 bridgehead atoms. The molecule has 8 heteroatoms. The first-order chi connectivity index (χ1) is 13.7. The van der Waals surface area contributed by atoms with Crippen molar-refractivity contribution < 1.29 is 9.53 Å². The summed E-state index contributed by atoms with van der Waals surface area (Å²) in [6.07, 6.45) is 0. The topological polar surface area (TPSA) is 81.1 Å². The molecule has 1 aromatic heterocycles. The molecule has 0 saturated carbocycles. The van der Waals surface area contributed by atoms with Gasteiger partial charge in [0, 0.05) is 5.69 Å². The zero-order valence-electron chi connectivity index (χ0n) is 15.6. The molecule has 7 nitrogen and oxygen atoms in total. The number of aromatic nitrogens is 3. The summed E-state index contributed by atoms with van der Waals surface area (Å²) in [7, 11) is 0. The number of anilines is 1. The second-order valence-corrected chi connectivity index (χ2v) is 7.48. The Labute approximate surface area is 167 Å². The molecule has 2 heterocycles. The first-order valence-corrected chi connectivity index (χ1v) is 9.97. The maximum Gasteiger partial charge on any atom is 0.240 e. The molecule has 0 unspecified atom stereocenters. The van der Waals surface area contributed by atoms with Crippen molar-refractivity contribution in [3.05, 3.63) is 66.0 Å².